The normalized spacial score (nSPS) is 22.2. The Morgan fingerprint density at radius 1 is 1.50 bits per heavy atom. The summed E-state index contributed by atoms with van der Waals surface area (Å²) < 4.78 is 5.17. The van der Waals surface area contributed by atoms with E-state index in [9.17, 15) is 4.79 Å². The monoisotopic (exact) mass is 269 g/mol. The fourth-order valence-electron chi connectivity index (χ4n) is 1.90. The Morgan fingerprint density at radius 2 is 2.22 bits per heavy atom. The highest BCUT2D eigenvalue weighted by Gasteiger charge is 2.30. The first-order chi connectivity index (χ1) is 8.62. The van der Waals surface area contributed by atoms with E-state index >= 15 is 0 Å². The Morgan fingerprint density at radius 3 is 2.83 bits per heavy atom. The first kappa shape index (κ1) is 13.1. The molecule has 5 nitrogen and oxygen atoms in total. The van der Waals surface area contributed by atoms with E-state index in [0.29, 0.717) is 16.5 Å². The third-order valence-electron chi connectivity index (χ3n) is 3.08. The Labute approximate surface area is 111 Å². The van der Waals surface area contributed by atoms with Crippen molar-refractivity contribution < 1.29 is 9.53 Å². The molecule has 2 rings (SSSR count). The molecule has 1 aliphatic rings. The van der Waals surface area contributed by atoms with Crippen LogP contribution in [0.4, 0.5) is 5.82 Å². The van der Waals surface area contributed by atoms with E-state index in [-0.39, 0.29) is 18.1 Å². The van der Waals surface area contributed by atoms with Crippen molar-refractivity contribution in [3.8, 4) is 0 Å². The SMILES string of the molecule is CNc1cc(C(=O)NC2CC(OC)C2)cc(Cl)n1. The molecule has 98 valence electrons. The van der Waals surface area contributed by atoms with Gasteiger partial charge in [-0.2, -0.15) is 0 Å². The first-order valence-corrected chi connectivity index (χ1v) is 6.19. The summed E-state index contributed by atoms with van der Waals surface area (Å²) in [4.78, 5) is 16.0. The molecule has 2 N–H and O–H groups in total. The first-order valence-electron chi connectivity index (χ1n) is 5.81. The van der Waals surface area contributed by atoms with Gasteiger partial charge >= 0.3 is 0 Å². The lowest BCUT2D eigenvalue weighted by molar-refractivity contribution is 0.0176. The summed E-state index contributed by atoms with van der Waals surface area (Å²) in [6, 6.07) is 3.42. The number of amides is 1. The smallest absolute Gasteiger partial charge is 0.251 e. The fourth-order valence-corrected chi connectivity index (χ4v) is 2.11. The number of aromatic nitrogens is 1. The molecule has 1 aliphatic carbocycles. The molecule has 1 fully saturated rings. The molecule has 1 saturated carbocycles. The molecule has 0 aliphatic heterocycles. The van der Waals surface area contributed by atoms with Crippen LogP contribution >= 0.6 is 11.6 Å². The molecular weight excluding hydrogens is 254 g/mol. The number of carbonyl (C=O) groups is 1. The molecule has 0 atom stereocenters. The van der Waals surface area contributed by atoms with Crippen LogP contribution in [0.15, 0.2) is 12.1 Å². The van der Waals surface area contributed by atoms with Crippen LogP contribution < -0.4 is 10.6 Å². The van der Waals surface area contributed by atoms with Crippen LogP contribution in [-0.2, 0) is 4.74 Å². The molecule has 0 saturated heterocycles. The average Bonchev–Trinajstić information content (AvgIpc) is 2.32. The van der Waals surface area contributed by atoms with Crippen LogP contribution in [-0.4, -0.2) is 37.2 Å². The summed E-state index contributed by atoms with van der Waals surface area (Å²) >= 11 is 5.85. The lowest BCUT2D eigenvalue weighted by Gasteiger charge is -2.34. The molecular formula is C12H16ClN3O2. The molecule has 0 bridgehead atoms. The maximum atomic E-state index is 12.0. The zero-order valence-electron chi connectivity index (χ0n) is 10.4. The highest BCUT2D eigenvalue weighted by Crippen LogP contribution is 2.23. The predicted octanol–water partition coefficient (Wildman–Crippen LogP) is 1.68. The third-order valence-corrected chi connectivity index (χ3v) is 3.27. The standard InChI is InChI=1S/C12H16ClN3O2/c1-14-11-4-7(3-10(13)16-11)12(17)15-8-5-9(6-8)18-2/h3-4,8-9H,5-6H2,1-2H3,(H,14,16)(H,15,17). The summed E-state index contributed by atoms with van der Waals surface area (Å²) in [5, 5.41) is 6.11. The number of nitrogens with zero attached hydrogens (tertiary/aromatic N) is 1. The van der Waals surface area contributed by atoms with Gasteiger partial charge in [0.05, 0.1) is 6.10 Å². The van der Waals surface area contributed by atoms with E-state index in [1.54, 1.807) is 26.3 Å². The van der Waals surface area contributed by atoms with Crippen molar-refractivity contribution in [3.63, 3.8) is 0 Å². The summed E-state index contributed by atoms with van der Waals surface area (Å²) in [7, 11) is 3.42. The van der Waals surface area contributed by atoms with Crippen molar-refractivity contribution >= 4 is 23.3 Å². The van der Waals surface area contributed by atoms with Gasteiger partial charge in [0.25, 0.3) is 5.91 Å². The summed E-state index contributed by atoms with van der Waals surface area (Å²) in [5.41, 5.74) is 0.514. The van der Waals surface area contributed by atoms with E-state index in [1.165, 1.54) is 0 Å². The zero-order valence-corrected chi connectivity index (χ0v) is 11.1. The summed E-state index contributed by atoms with van der Waals surface area (Å²) in [6.45, 7) is 0. The van der Waals surface area contributed by atoms with Crippen molar-refractivity contribution in [2.75, 3.05) is 19.5 Å². The number of ether oxygens (including phenoxy) is 1. The van der Waals surface area contributed by atoms with Gasteiger partial charge in [0.2, 0.25) is 0 Å². The molecule has 1 aromatic rings. The number of hydrogen-bond acceptors (Lipinski definition) is 4. The number of anilines is 1. The molecule has 0 aromatic carbocycles. The Kier molecular flexibility index (Phi) is 4.04. The van der Waals surface area contributed by atoms with Crippen LogP contribution in [0.5, 0.6) is 0 Å². The van der Waals surface area contributed by atoms with Gasteiger partial charge in [-0.15, -0.1) is 0 Å². The molecule has 0 unspecified atom stereocenters. The second-order valence-electron chi connectivity index (χ2n) is 4.31. The number of hydrogen-bond donors (Lipinski definition) is 2. The van der Waals surface area contributed by atoms with E-state index in [4.69, 9.17) is 16.3 Å². The van der Waals surface area contributed by atoms with Crippen molar-refractivity contribution in [2.24, 2.45) is 0 Å². The molecule has 1 aromatic heterocycles. The molecule has 0 radical (unpaired) electrons. The number of halogens is 1. The third kappa shape index (κ3) is 2.91. The number of pyridine rings is 1. The second kappa shape index (κ2) is 5.54. The van der Waals surface area contributed by atoms with Crippen LogP contribution in [0.25, 0.3) is 0 Å². The second-order valence-corrected chi connectivity index (χ2v) is 4.70. The van der Waals surface area contributed by atoms with Crippen LogP contribution in [0.1, 0.15) is 23.2 Å². The van der Waals surface area contributed by atoms with E-state index < -0.39 is 0 Å². The summed E-state index contributed by atoms with van der Waals surface area (Å²) in [6.07, 6.45) is 1.99. The highest BCUT2D eigenvalue weighted by molar-refractivity contribution is 6.29. The largest absolute Gasteiger partial charge is 0.381 e. The number of nitrogens with one attached hydrogen (secondary N) is 2. The molecule has 1 heterocycles. The van der Waals surface area contributed by atoms with Crippen LogP contribution in [0.2, 0.25) is 5.15 Å². The van der Waals surface area contributed by atoms with Gasteiger partial charge in [0, 0.05) is 25.8 Å². The molecule has 18 heavy (non-hydrogen) atoms. The minimum atomic E-state index is -0.129. The highest BCUT2D eigenvalue weighted by atomic mass is 35.5. The predicted molar refractivity (Wildman–Crippen MR) is 70.1 cm³/mol. The summed E-state index contributed by atoms with van der Waals surface area (Å²) in [5.74, 6) is 0.450. The average molecular weight is 270 g/mol. The quantitative estimate of drug-likeness (QED) is 0.817. The maximum absolute atomic E-state index is 12.0. The van der Waals surface area contributed by atoms with Gasteiger partial charge in [-0.05, 0) is 25.0 Å². The van der Waals surface area contributed by atoms with E-state index in [1.807, 2.05) is 0 Å². The number of carbonyl (C=O) groups excluding carboxylic acids is 1. The minimum absolute atomic E-state index is 0.129. The lowest BCUT2D eigenvalue weighted by Crippen LogP contribution is -2.47. The maximum Gasteiger partial charge on any atom is 0.251 e. The number of methoxy groups -OCH3 is 1. The minimum Gasteiger partial charge on any atom is -0.381 e. The van der Waals surface area contributed by atoms with Crippen molar-refractivity contribution in [2.45, 2.75) is 25.0 Å². The van der Waals surface area contributed by atoms with Crippen LogP contribution in [0, 0.1) is 0 Å². The Bertz CT molecular complexity index is 447. The Hall–Kier alpha value is -1.33. The Balaban J connectivity index is 1.98. The van der Waals surface area contributed by atoms with E-state index in [2.05, 4.69) is 15.6 Å². The lowest BCUT2D eigenvalue weighted by atomic mass is 9.89. The van der Waals surface area contributed by atoms with Gasteiger partial charge < -0.3 is 15.4 Å². The topological polar surface area (TPSA) is 63.2 Å². The van der Waals surface area contributed by atoms with Crippen LogP contribution in [0.3, 0.4) is 0 Å². The zero-order chi connectivity index (χ0) is 13.1. The van der Waals surface area contributed by atoms with Gasteiger partial charge in [0.15, 0.2) is 0 Å². The molecule has 0 spiro atoms. The van der Waals surface area contributed by atoms with Gasteiger partial charge in [-0.3, -0.25) is 4.79 Å². The van der Waals surface area contributed by atoms with Crippen molar-refractivity contribution in [1.82, 2.24) is 10.3 Å². The number of rotatable bonds is 4. The van der Waals surface area contributed by atoms with Gasteiger partial charge in [0.1, 0.15) is 11.0 Å². The van der Waals surface area contributed by atoms with E-state index in [0.717, 1.165) is 12.8 Å². The van der Waals surface area contributed by atoms with Gasteiger partial charge in [-0.1, -0.05) is 11.6 Å². The molecule has 6 heteroatoms. The van der Waals surface area contributed by atoms with Crippen molar-refractivity contribution in [1.29, 1.82) is 0 Å². The van der Waals surface area contributed by atoms with Gasteiger partial charge in [-0.25, -0.2) is 4.98 Å². The fraction of sp³-hybridized carbons (Fsp3) is 0.500. The van der Waals surface area contributed by atoms with Crippen molar-refractivity contribution in [3.05, 3.63) is 22.8 Å². The molecule has 1 amide bonds.